The van der Waals surface area contributed by atoms with Crippen molar-refractivity contribution in [3.63, 3.8) is 0 Å². The number of hydrogen-bond donors (Lipinski definition) is 2. The fourth-order valence-corrected chi connectivity index (χ4v) is 3.72. The van der Waals surface area contributed by atoms with Crippen LogP contribution in [0.5, 0.6) is 0 Å². The van der Waals surface area contributed by atoms with Gasteiger partial charge in [0.25, 0.3) is 0 Å². The van der Waals surface area contributed by atoms with Gasteiger partial charge in [-0.05, 0) is 24.1 Å². The minimum absolute atomic E-state index is 0.104. The zero-order chi connectivity index (χ0) is 16.3. The molecule has 1 aromatic rings. The van der Waals surface area contributed by atoms with Crippen LogP contribution in [0.3, 0.4) is 0 Å². The summed E-state index contributed by atoms with van der Waals surface area (Å²) in [7, 11) is 0. The van der Waals surface area contributed by atoms with E-state index in [0.717, 1.165) is 12.0 Å². The van der Waals surface area contributed by atoms with E-state index >= 15 is 0 Å². The van der Waals surface area contributed by atoms with Crippen LogP contribution >= 0.6 is 23.2 Å². The van der Waals surface area contributed by atoms with Crippen LogP contribution in [0, 0.1) is 5.92 Å². The van der Waals surface area contributed by atoms with Crippen LogP contribution in [0.1, 0.15) is 25.8 Å². The quantitative estimate of drug-likeness (QED) is 0.880. The van der Waals surface area contributed by atoms with Crippen molar-refractivity contribution >= 4 is 29.2 Å². The Morgan fingerprint density at radius 2 is 2.05 bits per heavy atom. The van der Waals surface area contributed by atoms with E-state index < -0.39 is 0 Å². The Hall–Kier alpha value is -0.970. The summed E-state index contributed by atoms with van der Waals surface area (Å²) in [4.78, 5) is 14.0. The van der Waals surface area contributed by atoms with E-state index in [-0.39, 0.29) is 24.0 Å². The molecule has 122 valence electrons. The van der Waals surface area contributed by atoms with E-state index in [4.69, 9.17) is 28.3 Å². The van der Waals surface area contributed by atoms with Crippen molar-refractivity contribution in [1.82, 2.24) is 10.2 Å². The summed E-state index contributed by atoms with van der Waals surface area (Å²) in [5, 5.41) is 13.3. The highest BCUT2D eigenvalue weighted by Crippen LogP contribution is 2.35. The molecule has 1 aromatic carbocycles. The zero-order valence-electron chi connectivity index (χ0n) is 12.9. The molecule has 6 heteroatoms. The van der Waals surface area contributed by atoms with Crippen molar-refractivity contribution in [1.29, 1.82) is 0 Å². The van der Waals surface area contributed by atoms with Gasteiger partial charge in [-0.2, -0.15) is 0 Å². The molecule has 0 spiro atoms. The van der Waals surface area contributed by atoms with Gasteiger partial charge >= 0.3 is 6.03 Å². The Bertz CT molecular complexity index is 529. The molecule has 0 aliphatic carbocycles. The maximum Gasteiger partial charge on any atom is 0.317 e. The standard InChI is InChI=1S/C16H22Cl2N2O2/c1-16(2,14-12(17)4-3-5-13(14)18)10-19-15(22)20-7-6-11(8-20)9-21/h3-5,11,21H,6-10H2,1-2H3,(H,19,22). The van der Waals surface area contributed by atoms with E-state index in [9.17, 15) is 4.79 Å². The number of nitrogens with one attached hydrogen (secondary N) is 1. The van der Waals surface area contributed by atoms with Crippen molar-refractivity contribution < 1.29 is 9.90 Å². The number of amides is 2. The molecule has 1 atom stereocenters. The van der Waals surface area contributed by atoms with Gasteiger partial charge in [0.05, 0.1) is 0 Å². The highest BCUT2D eigenvalue weighted by molar-refractivity contribution is 6.36. The fourth-order valence-electron chi connectivity index (χ4n) is 2.81. The SMILES string of the molecule is CC(C)(CNC(=O)N1CCC(CO)C1)c1c(Cl)cccc1Cl. The number of likely N-dealkylation sites (tertiary alicyclic amines) is 1. The van der Waals surface area contributed by atoms with E-state index in [1.807, 2.05) is 19.9 Å². The van der Waals surface area contributed by atoms with Crippen LogP contribution in [0.4, 0.5) is 4.79 Å². The van der Waals surface area contributed by atoms with Crippen molar-refractivity contribution in [3.8, 4) is 0 Å². The summed E-state index contributed by atoms with van der Waals surface area (Å²) in [6, 6.07) is 5.31. The van der Waals surface area contributed by atoms with Gasteiger partial charge in [-0.3, -0.25) is 0 Å². The van der Waals surface area contributed by atoms with Crippen LogP contribution in [-0.2, 0) is 5.41 Å². The molecule has 1 fully saturated rings. The van der Waals surface area contributed by atoms with Gasteiger partial charge in [-0.25, -0.2) is 4.79 Å². The van der Waals surface area contributed by atoms with Gasteiger partial charge in [0.15, 0.2) is 0 Å². The normalized spacial score (nSPS) is 18.6. The summed E-state index contributed by atoms with van der Waals surface area (Å²) < 4.78 is 0. The Balaban J connectivity index is 1.99. The number of hydrogen-bond acceptors (Lipinski definition) is 2. The number of halogens is 2. The van der Waals surface area contributed by atoms with Crippen molar-refractivity contribution in [2.24, 2.45) is 5.92 Å². The summed E-state index contributed by atoms with van der Waals surface area (Å²) in [5.41, 5.74) is 0.467. The van der Waals surface area contributed by atoms with Crippen LogP contribution < -0.4 is 5.32 Å². The Morgan fingerprint density at radius 3 is 2.59 bits per heavy atom. The molecule has 2 rings (SSSR count). The second-order valence-corrected chi connectivity index (χ2v) is 7.24. The third-order valence-electron chi connectivity index (χ3n) is 4.15. The number of aliphatic hydroxyl groups excluding tert-OH is 1. The summed E-state index contributed by atoms with van der Waals surface area (Å²) in [5.74, 6) is 0.191. The first-order chi connectivity index (χ1) is 10.3. The maximum absolute atomic E-state index is 12.2. The molecule has 1 aliphatic heterocycles. The Labute approximate surface area is 141 Å². The minimum Gasteiger partial charge on any atom is -0.396 e. The lowest BCUT2D eigenvalue weighted by Crippen LogP contribution is -2.44. The predicted molar refractivity (Wildman–Crippen MR) is 89.7 cm³/mol. The molecule has 1 heterocycles. The van der Waals surface area contributed by atoms with E-state index in [2.05, 4.69) is 5.32 Å². The second-order valence-electron chi connectivity index (χ2n) is 6.42. The van der Waals surface area contributed by atoms with Crippen LogP contribution in [0.25, 0.3) is 0 Å². The number of aliphatic hydroxyl groups is 1. The average molecular weight is 345 g/mol. The van der Waals surface area contributed by atoms with Gasteiger partial charge in [-0.1, -0.05) is 43.1 Å². The average Bonchev–Trinajstić information content (AvgIpc) is 2.93. The molecule has 1 saturated heterocycles. The van der Waals surface area contributed by atoms with Crippen molar-refractivity contribution in [2.75, 3.05) is 26.2 Å². The largest absolute Gasteiger partial charge is 0.396 e. The number of carbonyl (C=O) groups excluding carboxylic acids is 1. The van der Waals surface area contributed by atoms with Crippen LogP contribution in [0.2, 0.25) is 10.0 Å². The van der Waals surface area contributed by atoms with E-state index in [0.29, 0.717) is 29.7 Å². The fraction of sp³-hybridized carbons (Fsp3) is 0.562. The number of benzene rings is 1. The molecule has 2 N–H and O–H groups in total. The lowest BCUT2D eigenvalue weighted by molar-refractivity contribution is 0.196. The molecular weight excluding hydrogens is 323 g/mol. The van der Waals surface area contributed by atoms with Crippen LogP contribution in [0.15, 0.2) is 18.2 Å². The number of urea groups is 1. The molecular formula is C16H22Cl2N2O2. The highest BCUT2D eigenvalue weighted by Gasteiger charge is 2.29. The summed E-state index contributed by atoms with van der Waals surface area (Å²) >= 11 is 12.5. The third kappa shape index (κ3) is 3.86. The number of rotatable bonds is 4. The molecule has 2 amide bonds. The first-order valence-corrected chi connectivity index (χ1v) is 8.19. The van der Waals surface area contributed by atoms with Gasteiger partial charge in [0, 0.05) is 47.6 Å². The Morgan fingerprint density at radius 1 is 1.41 bits per heavy atom. The first-order valence-electron chi connectivity index (χ1n) is 7.43. The molecule has 0 bridgehead atoms. The molecule has 22 heavy (non-hydrogen) atoms. The topological polar surface area (TPSA) is 52.6 Å². The highest BCUT2D eigenvalue weighted by atomic mass is 35.5. The van der Waals surface area contributed by atoms with Crippen molar-refractivity contribution in [2.45, 2.75) is 25.7 Å². The minimum atomic E-state index is -0.374. The molecule has 0 saturated carbocycles. The first kappa shape index (κ1) is 17.4. The van der Waals surface area contributed by atoms with Crippen molar-refractivity contribution in [3.05, 3.63) is 33.8 Å². The second kappa shape index (κ2) is 7.07. The monoisotopic (exact) mass is 344 g/mol. The van der Waals surface area contributed by atoms with E-state index in [1.54, 1.807) is 17.0 Å². The summed E-state index contributed by atoms with van der Waals surface area (Å²) in [6.07, 6.45) is 0.851. The van der Waals surface area contributed by atoms with Gasteiger partial charge in [0.2, 0.25) is 0 Å². The molecule has 1 unspecified atom stereocenters. The molecule has 1 aliphatic rings. The smallest absolute Gasteiger partial charge is 0.317 e. The lowest BCUT2D eigenvalue weighted by atomic mass is 9.84. The van der Waals surface area contributed by atoms with Gasteiger partial charge < -0.3 is 15.3 Å². The van der Waals surface area contributed by atoms with E-state index in [1.165, 1.54) is 0 Å². The number of nitrogens with zero attached hydrogens (tertiary/aromatic N) is 1. The predicted octanol–water partition coefficient (Wildman–Crippen LogP) is 3.29. The van der Waals surface area contributed by atoms with Gasteiger partial charge in [-0.15, -0.1) is 0 Å². The third-order valence-corrected chi connectivity index (χ3v) is 4.78. The zero-order valence-corrected chi connectivity index (χ0v) is 14.4. The molecule has 0 radical (unpaired) electrons. The lowest BCUT2D eigenvalue weighted by Gasteiger charge is -2.29. The molecule has 4 nitrogen and oxygen atoms in total. The van der Waals surface area contributed by atoms with Crippen LogP contribution in [-0.4, -0.2) is 42.3 Å². The Kier molecular flexibility index (Phi) is 5.59. The maximum atomic E-state index is 12.2. The summed E-state index contributed by atoms with van der Waals surface area (Å²) in [6.45, 7) is 5.86. The molecule has 0 aromatic heterocycles. The van der Waals surface area contributed by atoms with Gasteiger partial charge in [0.1, 0.15) is 0 Å². The number of carbonyl (C=O) groups is 1.